The molecule has 0 radical (unpaired) electrons. The van der Waals surface area contributed by atoms with Crippen molar-refractivity contribution in [1.29, 1.82) is 0 Å². The van der Waals surface area contributed by atoms with Crippen molar-refractivity contribution in [2.45, 2.75) is 19.3 Å². The zero-order valence-electron chi connectivity index (χ0n) is 14.0. The van der Waals surface area contributed by atoms with Crippen molar-refractivity contribution in [1.82, 2.24) is 10.2 Å². The molecule has 0 saturated carbocycles. The Morgan fingerprint density at radius 1 is 1.16 bits per heavy atom. The minimum absolute atomic E-state index is 0.00491. The van der Waals surface area contributed by atoms with E-state index >= 15 is 0 Å². The monoisotopic (exact) mass is 346 g/mol. The molecule has 3 rings (SSSR count). The molecule has 2 aliphatic rings. The van der Waals surface area contributed by atoms with Gasteiger partial charge in [0.1, 0.15) is 0 Å². The lowest BCUT2D eigenvalue weighted by atomic mass is 9.81. The predicted octanol–water partition coefficient (Wildman–Crippen LogP) is 0.578. The molecule has 134 valence electrons. The number of rotatable bonds is 6. The van der Waals surface area contributed by atoms with Gasteiger partial charge in [0, 0.05) is 38.1 Å². The molecule has 3 amide bonds. The van der Waals surface area contributed by atoms with Crippen LogP contribution in [0.3, 0.4) is 0 Å². The first kappa shape index (κ1) is 17.6. The van der Waals surface area contributed by atoms with Crippen LogP contribution in [-0.2, 0) is 9.53 Å². The van der Waals surface area contributed by atoms with Crippen molar-refractivity contribution in [2.75, 3.05) is 32.9 Å². The second-order valence-corrected chi connectivity index (χ2v) is 6.60. The van der Waals surface area contributed by atoms with Crippen molar-refractivity contribution in [3.63, 3.8) is 0 Å². The quantitative estimate of drug-likeness (QED) is 0.735. The number of benzene rings is 1. The molecule has 25 heavy (non-hydrogen) atoms. The third-order valence-electron chi connectivity index (χ3n) is 4.99. The third-order valence-corrected chi connectivity index (χ3v) is 4.99. The molecule has 0 aromatic heterocycles. The summed E-state index contributed by atoms with van der Waals surface area (Å²) in [6.45, 7) is 1.56. The number of carbonyl (C=O) groups is 3. The summed E-state index contributed by atoms with van der Waals surface area (Å²) in [5, 5.41) is 12.4. The maximum atomic E-state index is 12.2. The van der Waals surface area contributed by atoms with Crippen molar-refractivity contribution < 1.29 is 24.2 Å². The van der Waals surface area contributed by atoms with E-state index in [0.717, 1.165) is 4.90 Å². The van der Waals surface area contributed by atoms with Gasteiger partial charge < -0.3 is 15.2 Å². The molecule has 0 atom stereocenters. The van der Waals surface area contributed by atoms with Gasteiger partial charge in [-0.25, -0.2) is 0 Å². The first-order valence-electron chi connectivity index (χ1n) is 8.47. The molecule has 7 heteroatoms. The normalized spacial score (nSPS) is 19.0. The van der Waals surface area contributed by atoms with Crippen LogP contribution in [0.4, 0.5) is 0 Å². The van der Waals surface area contributed by atoms with E-state index in [2.05, 4.69) is 5.32 Å². The number of imide groups is 1. The summed E-state index contributed by atoms with van der Waals surface area (Å²) in [5.41, 5.74) is 0.423. The van der Waals surface area contributed by atoms with Crippen LogP contribution in [0.25, 0.3) is 0 Å². The minimum atomic E-state index is -0.357. The number of aliphatic hydroxyl groups is 1. The number of amides is 3. The summed E-state index contributed by atoms with van der Waals surface area (Å²) in [6.07, 6.45) is 1.44. The van der Waals surface area contributed by atoms with Gasteiger partial charge in [0.15, 0.2) is 0 Å². The molecule has 0 bridgehead atoms. The summed E-state index contributed by atoms with van der Waals surface area (Å²) in [6, 6.07) is 6.66. The van der Waals surface area contributed by atoms with Crippen LogP contribution in [0.2, 0.25) is 0 Å². The van der Waals surface area contributed by atoms with Crippen LogP contribution in [0, 0.1) is 5.41 Å². The highest BCUT2D eigenvalue weighted by Crippen LogP contribution is 2.29. The fourth-order valence-corrected chi connectivity index (χ4v) is 3.23. The van der Waals surface area contributed by atoms with Crippen molar-refractivity contribution >= 4 is 17.7 Å². The molecule has 1 aromatic rings. The van der Waals surface area contributed by atoms with Crippen LogP contribution in [0.15, 0.2) is 24.3 Å². The topological polar surface area (TPSA) is 95.9 Å². The highest BCUT2D eigenvalue weighted by Gasteiger charge is 2.35. The van der Waals surface area contributed by atoms with E-state index in [0.29, 0.717) is 43.7 Å². The lowest BCUT2D eigenvalue weighted by Crippen LogP contribution is -2.44. The average Bonchev–Trinajstić information content (AvgIpc) is 2.90. The molecule has 2 N–H and O–H groups in total. The zero-order chi connectivity index (χ0) is 17.9. The Morgan fingerprint density at radius 2 is 1.76 bits per heavy atom. The average molecular weight is 346 g/mol. The maximum absolute atomic E-state index is 12.2. The highest BCUT2D eigenvalue weighted by atomic mass is 16.5. The van der Waals surface area contributed by atoms with Gasteiger partial charge in [-0.05, 0) is 25.0 Å². The first-order chi connectivity index (χ1) is 12.1. The Hall–Kier alpha value is -2.25. The molecule has 1 fully saturated rings. The molecule has 2 aliphatic heterocycles. The number of ether oxygens (including phenoxy) is 1. The number of nitrogens with one attached hydrogen (secondary N) is 1. The standard InChI is InChI=1S/C18H22N2O5/c21-12-18(6-9-25-10-7-18)11-19-15(22)5-8-20-16(23)13-3-1-2-4-14(13)17(20)24/h1-4,21H,5-12H2,(H,19,22). The molecule has 0 spiro atoms. The van der Waals surface area contributed by atoms with Gasteiger partial charge in [-0.1, -0.05) is 12.1 Å². The first-order valence-corrected chi connectivity index (χ1v) is 8.47. The molecule has 2 heterocycles. The molecular weight excluding hydrogens is 324 g/mol. The van der Waals surface area contributed by atoms with E-state index in [-0.39, 0.29) is 42.7 Å². The number of hydrogen-bond acceptors (Lipinski definition) is 5. The summed E-state index contributed by atoms with van der Waals surface area (Å²) in [5.74, 6) is -0.954. The Balaban J connectivity index is 1.51. The van der Waals surface area contributed by atoms with E-state index < -0.39 is 0 Å². The van der Waals surface area contributed by atoms with Crippen LogP contribution in [0.1, 0.15) is 40.0 Å². The van der Waals surface area contributed by atoms with E-state index in [1.165, 1.54) is 0 Å². The summed E-state index contributed by atoms with van der Waals surface area (Å²) >= 11 is 0. The Labute approximate surface area is 146 Å². The third kappa shape index (κ3) is 3.57. The van der Waals surface area contributed by atoms with Gasteiger partial charge in [-0.15, -0.1) is 0 Å². The Morgan fingerprint density at radius 3 is 2.32 bits per heavy atom. The van der Waals surface area contributed by atoms with Crippen LogP contribution in [-0.4, -0.2) is 60.6 Å². The molecular formula is C18H22N2O5. The molecule has 1 aromatic carbocycles. The van der Waals surface area contributed by atoms with Crippen molar-refractivity contribution in [2.24, 2.45) is 5.41 Å². The zero-order valence-corrected chi connectivity index (χ0v) is 14.0. The largest absolute Gasteiger partial charge is 0.396 e. The van der Waals surface area contributed by atoms with Crippen LogP contribution >= 0.6 is 0 Å². The predicted molar refractivity (Wildman–Crippen MR) is 89.0 cm³/mol. The van der Waals surface area contributed by atoms with Crippen LogP contribution < -0.4 is 5.32 Å². The smallest absolute Gasteiger partial charge is 0.261 e. The van der Waals surface area contributed by atoms with E-state index in [1.54, 1.807) is 24.3 Å². The van der Waals surface area contributed by atoms with Gasteiger partial charge >= 0.3 is 0 Å². The minimum Gasteiger partial charge on any atom is -0.396 e. The SMILES string of the molecule is O=C(CCN1C(=O)c2ccccc2C1=O)NCC1(CO)CCOCC1. The molecule has 0 unspecified atom stereocenters. The lowest BCUT2D eigenvalue weighted by molar-refractivity contribution is -0.122. The summed E-state index contributed by atoms with van der Waals surface area (Å²) in [7, 11) is 0. The van der Waals surface area contributed by atoms with Gasteiger partial charge in [0.2, 0.25) is 5.91 Å². The van der Waals surface area contributed by atoms with Crippen LogP contribution in [0.5, 0.6) is 0 Å². The lowest BCUT2D eigenvalue weighted by Gasteiger charge is -2.35. The van der Waals surface area contributed by atoms with E-state index in [4.69, 9.17) is 4.74 Å². The van der Waals surface area contributed by atoms with Gasteiger partial charge in [0.25, 0.3) is 11.8 Å². The summed E-state index contributed by atoms with van der Waals surface area (Å²) < 4.78 is 5.30. The summed E-state index contributed by atoms with van der Waals surface area (Å²) in [4.78, 5) is 37.7. The van der Waals surface area contributed by atoms with Gasteiger partial charge in [-0.3, -0.25) is 19.3 Å². The number of nitrogens with zero attached hydrogens (tertiary/aromatic N) is 1. The Kier molecular flexibility index (Phi) is 5.15. The van der Waals surface area contributed by atoms with Crippen molar-refractivity contribution in [3.8, 4) is 0 Å². The van der Waals surface area contributed by atoms with E-state index in [9.17, 15) is 19.5 Å². The maximum Gasteiger partial charge on any atom is 0.261 e. The fourth-order valence-electron chi connectivity index (χ4n) is 3.23. The number of fused-ring (bicyclic) bond motifs is 1. The Bertz CT molecular complexity index is 647. The van der Waals surface area contributed by atoms with E-state index in [1.807, 2.05) is 0 Å². The number of hydrogen-bond donors (Lipinski definition) is 2. The molecule has 7 nitrogen and oxygen atoms in total. The second-order valence-electron chi connectivity index (χ2n) is 6.60. The number of aliphatic hydroxyl groups excluding tert-OH is 1. The van der Waals surface area contributed by atoms with Gasteiger partial charge in [0.05, 0.1) is 17.7 Å². The number of carbonyl (C=O) groups excluding carboxylic acids is 3. The van der Waals surface area contributed by atoms with Crippen molar-refractivity contribution in [3.05, 3.63) is 35.4 Å². The molecule has 0 aliphatic carbocycles. The second kappa shape index (κ2) is 7.33. The molecule has 1 saturated heterocycles. The van der Waals surface area contributed by atoms with Gasteiger partial charge in [-0.2, -0.15) is 0 Å². The fraction of sp³-hybridized carbons (Fsp3) is 0.500. The highest BCUT2D eigenvalue weighted by molar-refractivity contribution is 6.21.